The molecule has 1 aromatic heterocycles. The molecule has 0 bridgehead atoms. The molecule has 1 heterocycles. The molecule has 0 spiro atoms. The third-order valence-corrected chi connectivity index (χ3v) is 3.47. The average Bonchev–Trinajstić information content (AvgIpc) is 2.70. The van der Waals surface area contributed by atoms with E-state index in [1.165, 1.54) is 0 Å². The van der Waals surface area contributed by atoms with Crippen molar-refractivity contribution in [2.24, 2.45) is 7.05 Å². The van der Waals surface area contributed by atoms with Gasteiger partial charge in [-0.15, -0.1) is 0 Å². The Balaban J connectivity index is 2.37. The average molecular weight is 273 g/mol. The number of benzene rings is 1. The van der Waals surface area contributed by atoms with Gasteiger partial charge in [0.05, 0.1) is 18.4 Å². The Morgan fingerprint density at radius 3 is 2.60 bits per heavy atom. The summed E-state index contributed by atoms with van der Waals surface area (Å²) in [5, 5.41) is 4.29. The van der Waals surface area contributed by atoms with Crippen LogP contribution < -0.4 is 9.64 Å². The third-order valence-electron chi connectivity index (χ3n) is 3.47. The van der Waals surface area contributed by atoms with Crippen molar-refractivity contribution in [2.45, 2.75) is 13.8 Å². The molecule has 1 aromatic carbocycles. The smallest absolute Gasteiger partial charge is 0.261 e. The predicted molar refractivity (Wildman–Crippen MR) is 78.4 cm³/mol. The fourth-order valence-corrected chi connectivity index (χ4v) is 2.19. The number of nitrogens with zero attached hydrogens (tertiary/aromatic N) is 3. The van der Waals surface area contributed by atoms with Gasteiger partial charge in [-0.3, -0.25) is 9.48 Å². The Labute approximate surface area is 118 Å². The van der Waals surface area contributed by atoms with Crippen LogP contribution in [0.2, 0.25) is 0 Å². The summed E-state index contributed by atoms with van der Waals surface area (Å²) in [6.45, 7) is 3.74. The summed E-state index contributed by atoms with van der Waals surface area (Å²) < 4.78 is 6.91. The van der Waals surface area contributed by atoms with Gasteiger partial charge in [0.15, 0.2) is 0 Å². The van der Waals surface area contributed by atoms with E-state index in [-0.39, 0.29) is 5.91 Å². The minimum atomic E-state index is -0.0682. The van der Waals surface area contributed by atoms with Crippen LogP contribution in [0.25, 0.3) is 0 Å². The van der Waals surface area contributed by atoms with Crippen LogP contribution in [-0.2, 0) is 7.05 Å². The highest BCUT2D eigenvalue weighted by Crippen LogP contribution is 2.23. The maximum absolute atomic E-state index is 12.6. The predicted octanol–water partition coefficient (Wildman–Crippen LogP) is 2.32. The van der Waals surface area contributed by atoms with Crippen molar-refractivity contribution in [3.8, 4) is 5.75 Å². The highest BCUT2D eigenvalue weighted by atomic mass is 16.5. The first-order valence-electron chi connectivity index (χ1n) is 6.38. The number of hydrogen-bond donors (Lipinski definition) is 0. The fourth-order valence-electron chi connectivity index (χ4n) is 2.19. The summed E-state index contributed by atoms with van der Waals surface area (Å²) >= 11 is 0. The van der Waals surface area contributed by atoms with E-state index in [2.05, 4.69) is 5.10 Å². The Bertz CT molecular complexity index is 647. The number of hydrogen-bond acceptors (Lipinski definition) is 3. The first kappa shape index (κ1) is 14.1. The van der Waals surface area contributed by atoms with Crippen LogP contribution in [0.1, 0.15) is 21.7 Å². The molecule has 1 amide bonds. The molecule has 2 rings (SSSR count). The standard InChI is InChI=1S/C15H19N3O2/c1-10-14(11(2)18(4)16-10)15(19)17(3)12-7-6-8-13(9-12)20-5/h6-9H,1-5H3. The first-order chi connectivity index (χ1) is 9.45. The van der Waals surface area contributed by atoms with E-state index in [1.54, 1.807) is 23.7 Å². The maximum Gasteiger partial charge on any atom is 0.261 e. The summed E-state index contributed by atoms with van der Waals surface area (Å²) in [6.07, 6.45) is 0. The van der Waals surface area contributed by atoms with Gasteiger partial charge in [0.2, 0.25) is 0 Å². The Kier molecular flexibility index (Phi) is 3.79. The summed E-state index contributed by atoms with van der Waals surface area (Å²) in [4.78, 5) is 14.2. The van der Waals surface area contributed by atoms with Crippen LogP contribution in [0.4, 0.5) is 5.69 Å². The van der Waals surface area contributed by atoms with Crippen LogP contribution >= 0.6 is 0 Å². The molecule has 5 heteroatoms. The van der Waals surface area contributed by atoms with E-state index in [0.29, 0.717) is 5.56 Å². The number of methoxy groups -OCH3 is 1. The van der Waals surface area contributed by atoms with Crippen molar-refractivity contribution < 1.29 is 9.53 Å². The molecule has 2 aromatic rings. The lowest BCUT2D eigenvalue weighted by atomic mass is 10.1. The van der Waals surface area contributed by atoms with Crippen molar-refractivity contribution in [1.29, 1.82) is 0 Å². The van der Waals surface area contributed by atoms with Gasteiger partial charge in [-0.2, -0.15) is 5.10 Å². The Hall–Kier alpha value is -2.30. The fraction of sp³-hybridized carbons (Fsp3) is 0.333. The molecule has 0 saturated carbocycles. The van der Waals surface area contributed by atoms with E-state index in [1.807, 2.05) is 45.2 Å². The van der Waals surface area contributed by atoms with Crippen molar-refractivity contribution >= 4 is 11.6 Å². The molecule has 0 unspecified atom stereocenters. The third kappa shape index (κ3) is 2.39. The zero-order valence-corrected chi connectivity index (χ0v) is 12.5. The summed E-state index contributed by atoms with van der Waals surface area (Å²) in [5.74, 6) is 0.656. The molecule has 20 heavy (non-hydrogen) atoms. The number of anilines is 1. The molecule has 0 saturated heterocycles. The minimum Gasteiger partial charge on any atom is -0.497 e. The number of carbonyl (C=O) groups excluding carboxylic acids is 1. The lowest BCUT2D eigenvalue weighted by Crippen LogP contribution is -2.27. The van der Waals surface area contributed by atoms with Gasteiger partial charge in [-0.25, -0.2) is 0 Å². The maximum atomic E-state index is 12.6. The molecule has 0 fully saturated rings. The monoisotopic (exact) mass is 273 g/mol. The Morgan fingerprint density at radius 2 is 2.05 bits per heavy atom. The lowest BCUT2D eigenvalue weighted by Gasteiger charge is -2.18. The van der Waals surface area contributed by atoms with Crippen molar-refractivity contribution in [3.05, 3.63) is 41.2 Å². The van der Waals surface area contributed by atoms with Gasteiger partial charge < -0.3 is 9.64 Å². The number of amides is 1. The molecule has 0 radical (unpaired) electrons. The lowest BCUT2D eigenvalue weighted by molar-refractivity contribution is 0.0991. The van der Waals surface area contributed by atoms with E-state index >= 15 is 0 Å². The van der Waals surface area contributed by atoms with E-state index in [4.69, 9.17) is 4.74 Å². The minimum absolute atomic E-state index is 0.0682. The van der Waals surface area contributed by atoms with Gasteiger partial charge in [-0.05, 0) is 26.0 Å². The van der Waals surface area contributed by atoms with Crippen molar-refractivity contribution in [2.75, 3.05) is 19.1 Å². The molecule has 0 aliphatic heterocycles. The number of carbonyl (C=O) groups is 1. The van der Waals surface area contributed by atoms with Crippen LogP contribution in [0.15, 0.2) is 24.3 Å². The van der Waals surface area contributed by atoms with Gasteiger partial charge in [0, 0.05) is 31.5 Å². The number of rotatable bonds is 3. The number of ether oxygens (including phenoxy) is 1. The highest BCUT2D eigenvalue weighted by Gasteiger charge is 2.21. The SMILES string of the molecule is COc1cccc(N(C)C(=O)c2c(C)nn(C)c2C)c1. The molecule has 0 atom stereocenters. The van der Waals surface area contributed by atoms with Crippen molar-refractivity contribution in [1.82, 2.24) is 9.78 Å². The first-order valence-corrected chi connectivity index (χ1v) is 6.38. The van der Waals surface area contributed by atoms with Crippen LogP contribution in [-0.4, -0.2) is 29.8 Å². The molecule has 0 aliphatic carbocycles. The van der Waals surface area contributed by atoms with Crippen LogP contribution in [0, 0.1) is 13.8 Å². The van der Waals surface area contributed by atoms with Gasteiger partial charge in [0.1, 0.15) is 5.75 Å². The summed E-state index contributed by atoms with van der Waals surface area (Å²) in [5.41, 5.74) is 3.04. The van der Waals surface area contributed by atoms with Crippen molar-refractivity contribution in [3.63, 3.8) is 0 Å². The molecule has 0 aliphatic rings. The number of aryl methyl sites for hydroxylation is 2. The molecule has 106 valence electrons. The van der Waals surface area contributed by atoms with Gasteiger partial charge in [-0.1, -0.05) is 6.07 Å². The quantitative estimate of drug-likeness (QED) is 0.862. The largest absolute Gasteiger partial charge is 0.497 e. The summed E-state index contributed by atoms with van der Waals surface area (Å²) in [7, 11) is 5.20. The van der Waals surface area contributed by atoms with Gasteiger partial charge >= 0.3 is 0 Å². The van der Waals surface area contributed by atoms with E-state index in [9.17, 15) is 4.79 Å². The van der Waals surface area contributed by atoms with E-state index in [0.717, 1.165) is 22.8 Å². The zero-order chi connectivity index (χ0) is 14.9. The Morgan fingerprint density at radius 1 is 1.35 bits per heavy atom. The topological polar surface area (TPSA) is 47.4 Å². The van der Waals surface area contributed by atoms with Crippen LogP contribution in [0.5, 0.6) is 5.75 Å². The second-order valence-electron chi connectivity index (χ2n) is 4.74. The number of aromatic nitrogens is 2. The normalized spacial score (nSPS) is 10.4. The highest BCUT2D eigenvalue weighted by molar-refractivity contribution is 6.07. The second-order valence-corrected chi connectivity index (χ2v) is 4.74. The van der Waals surface area contributed by atoms with Crippen LogP contribution in [0.3, 0.4) is 0 Å². The van der Waals surface area contributed by atoms with E-state index < -0.39 is 0 Å². The zero-order valence-electron chi connectivity index (χ0n) is 12.5. The molecule has 5 nitrogen and oxygen atoms in total. The van der Waals surface area contributed by atoms with Gasteiger partial charge in [0.25, 0.3) is 5.91 Å². The molecule has 0 N–H and O–H groups in total. The molecular formula is C15H19N3O2. The summed E-state index contributed by atoms with van der Waals surface area (Å²) in [6, 6.07) is 7.42. The second kappa shape index (κ2) is 5.36. The molecular weight excluding hydrogens is 254 g/mol.